The van der Waals surface area contributed by atoms with Crippen LogP contribution in [0.25, 0.3) is 0 Å². The summed E-state index contributed by atoms with van der Waals surface area (Å²) in [6, 6.07) is 9.25. The highest BCUT2D eigenvalue weighted by atomic mass is 16.3. The van der Waals surface area contributed by atoms with E-state index in [-0.39, 0.29) is 24.3 Å². The van der Waals surface area contributed by atoms with Crippen molar-refractivity contribution in [3.63, 3.8) is 0 Å². The Morgan fingerprint density at radius 3 is 2.43 bits per heavy atom. The second-order valence-corrected chi connectivity index (χ2v) is 5.77. The van der Waals surface area contributed by atoms with Crippen molar-refractivity contribution in [1.29, 1.82) is 0 Å². The zero-order valence-corrected chi connectivity index (χ0v) is 13.7. The Labute approximate surface area is 136 Å². The van der Waals surface area contributed by atoms with Crippen LogP contribution in [0.3, 0.4) is 0 Å². The number of benzene rings is 1. The van der Waals surface area contributed by atoms with Crippen LogP contribution in [0.15, 0.2) is 47.3 Å². The average molecular weight is 314 g/mol. The molecule has 23 heavy (non-hydrogen) atoms. The Hall–Kier alpha value is -2.56. The number of furan rings is 1. The fraction of sp³-hybridized carbons (Fsp3) is 0.333. The van der Waals surface area contributed by atoms with E-state index in [1.54, 1.807) is 11.0 Å². The van der Waals surface area contributed by atoms with Gasteiger partial charge in [0, 0.05) is 24.7 Å². The van der Waals surface area contributed by atoms with E-state index in [1.807, 2.05) is 45.0 Å². The Morgan fingerprint density at radius 2 is 1.87 bits per heavy atom. The smallest absolute Gasteiger partial charge is 0.257 e. The lowest BCUT2D eigenvalue weighted by atomic mass is 10.2. The molecule has 2 rings (SSSR count). The van der Waals surface area contributed by atoms with Gasteiger partial charge in [0.15, 0.2) is 0 Å². The van der Waals surface area contributed by atoms with Crippen LogP contribution in [0.1, 0.15) is 36.2 Å². The summed E-state index contributed by atoms with van der Waals surface area (Å²) in [6.07, 6.45) is 3.13. The Morgan fingerprint density at radius 1 is 1.17 bits per heavy atom. The summed E-state index contributed by atoms with van der Waals surface area (Å²) < 4.78 is 4.95. The van der Waals surface area contributed by atoms with Crippen LogP contribution in [0.2, 0.25) is 0 Å². The fourth-order valence-electron chi connectivity index (χ4n) is 2.23. The summed E-state index contributed by atoms with van der Waals surface area (Å²) in [6.45, 7) is 6.21. The molecule has 5 heteroatoms. The van der Waals surface area contributed by atoms with Gasteiger partial charge in [0.2, 0.25) is 5.91 Å². The van der Waals surface area contributed by atoms with Crippen molar-refractivity contribution in [1.82, 2.24) is 4.90 Å². The summed E-state index contributed by atoms with van der Waals surface area (Å²) in [5, 5.41) is 2.84. The third-order valence-electron chi connectivity index (χ3n) is 3.57. The Bertz CT molecular complexity index is 645. The number of carbonyl (C=O) groups excluding carboxylic acids is 2. The van der Waals surface area contributed by atoms with Crippen LogP contribution in [-0.2, 0) is 4.79 Å². The minimum atomic E-state index is -0.128. The lowest BCUT2D eigenvalue weighted by molar-refractivity contribution is -0.116. The molecule has 1 aromatic heterocycles. The topological polar surface area (TPSA) is 62.6 Å². The van der Waals surface area contributed by atoms with Gasteiger partial charge in [0.1, 0.15) is 6.26 Å². The highest BCUT2D eigenvalue weighted by molar-refractivity contribution is 5.95. The number of anilines is 1. The van der Waals surface area contributed by atoms with Gasteiger partial charge in [-0.05, 0) is 39.0 Å². The standard InChI is InChI=1S/C18H22N2O3/c1-13(2)20(18(22)15-9-11-23-12-15)10-8-17(21)19-16-6-4-14(3)5-7-16/h4-7,9,11-13H,8,10H2,1-3H3,(H,19,21). The van der Waals surface area contributed by atoms with Crippen molar-refractivity contribution in [3.05, 3.63) is 54.0 Å². The van der Waals surface area contributed by atoms with Gasteiger partial charge < -0.3 is 14.6 Å². The third kappa shape index (κ3) is 4.71. The van der Waals surface area contributed by atoms with E-state index >= 15 is 0 Å². The predicted octanol–water partition coefficient (Wildman–Crippen LogP) is 3.47. The average Bonchev–Trinajstić information content (AvgIpc) is 3.03. The van der Waals surface area contributed by atoms with Gasteiger partial charge in [-0.15, -0.1) is 0 Å². The summed E-state index contributed by atoms with van der Waals surface area (Å²) in [5.74, 6) is -0.239. The Balaban J connectivity index is 1.92. The van der Waals surface area contributed by atoms with Crippen LogP contribution in [0, 0.1) is 6.92 Å². The largest absolute Gasteiger partial charge is 0.472 e. The first-order chi connectivity index (χ1) is 11.0. The number of nitrogens with one attached hydrogen (secondary N) is 1. The lowest BCUT2D eigenvalue weighted by Crippen LogP contribution is -2.38. The van der Waals surface area contributed by atoms with E-state index in [1.165, 1.54) is 12.5 Å². The molecule has 0 aliphatic rings. The molecule has 0 bridgehead atoms. The number of carbonyl (C=O) groups is 2. The van der Waals surface area contributed by atoms with E-state index in [0.717, 1.165) is 11.3 Å². The highest BCUT2D eigenvalue weighted by Crippen LogP contribution is 2.12. The number of nitrogens with zero attached hydrogens (tertiary/aromatic N) is 1. The first-order valence-corrected chi connectivity index (χ1v) is 7.67. The molecule has 0 unspecified atom stereocenters. The number of aryl methyl sites for hydroxylation is 1. The maximum absolute atomic E-state index is 12.4. The van der Waals surface area contributed by atoms with Crippen molar-refractivity contribution in [2.24, 2.45) is 0 Å². The normalized spacial score (nSPS) is 10.6. The quantitative estimate of drug-likeness (QED) is 0.888. The van der Waals surface area contributed by atoms with Crippen molar-refractivity contribution >= 4 is 17.5 Å². The van der Waals surface area contributed by atoms with Gasteiger partial charge in [0.05, 0.1) is 11.8 Å². The monoisotopic (exact) mass is 314 g/mol. The molecule has 0 saturated heterocycles. The van der Waals surface area contributed by atoms with Crippen LogP contribution in [0.4, 0.5) is 5.69 Å². The SMILES string of the molecule is Cc1ccc(NC(=O)CCN(C(=O)c2ccoc2)C(C)C)cc1. The van der Waals surface area contributed by atoms with Crippen molar-refractivity contribution in [3.8, 4) is 0 Å². The van der Waals surface area contributed by atoms with Gasteiger partial charge in [-0.1, -0.05) is 17.7 Å². The van der Waals surface area contributed by atoms with Crippen molar-refractivity contribution < 1.29 is 14.0 Å². The third-order valence-corrected chi connectivity index (χ3v) is 3.57. The van der Waals surface area contributed by atoms with Crippen molar-refractivity contribution in [2.45, 2.75) is 33.2 Å². The molecule has 2 aromatic rings. The molecule has 1 heterocycles. The maximum Gasteiger partial charge on any atom is 0.257 e. The van der Waals surface area contributed by atoms with E-state index in [2.05, 4.69) is 5.32 Å². The number of hydrogen-bond acceptors (Lipinski definition) is 3. The molecule has 0 saturated carbocycles. The van der Waals surface area contributed by atoms with Gasteiger partial charge in [-0.3, -0.25) is 9.59 Å². The number of hydrogen-bond donors (Lipinski definition) is 1. The van der Waals surface area contributed by atoms with Crippen LogP contribution in [0.5, 0.6) is 0 Å². The number of rotatable bonds is 6. The van der Waals surface area contributed by atoms with Crippen LogP contribution >= 0.6 is 0 Å². The Kier molecular flexibility index (Phi) is 5.57. The van der Waals surface area contributed by atoms with Gasteiger partial charge in [-0.2, -0.15) is 0 Å². The molecule has 0 radical (unpaired) electrons. The first-order valence-electron chi connectivity index (χ1n) is 7.67. The molecule has 5 nitrogen and oxygen atoms in total. The zero-order valence-electron chi connectivity index (χ0n) is 13.7. The van der Waals surface area contributed by atoms with E-state index in [4.69, 9.17) is 4.42 Å². The summed E-state index contributed by atoms with van der Waals surface area (Å²) >= 11 is 0. The maximum atomic E-state index is 12.4. The van der Waals surface area contributed by atoms with Crippen molar-refractivity contribution in [2.75, 3.05) is 11.9 Å². The number of amides is 2. The van der Waals surface area contributed by atoms with Gasteiger partial charge in [0.25, 0.3) is 5.91 Å². The lowest BCUT2D eigenvalue weighted by Gasteiger charge is -2.26. The molecule has 1 N–H and O–H groups in total. The highest BCUT2D eigenvalue weighted by Gasteiger charge is 2.20. The predicted molar refractivity (Wildman–Crippen MR) is 89.3 cm³/mol. The summed E-state index contributed by atoms with van der Waals surface area (Å²) in [5.41, 5.74) is 2.40. The molecule has 2 amide bonds. The molecule has 0 atom stereocenters. The second-order valence-electron chi connectivity index (χ2n) is 5.77. The van der Waals surface area contributed by atoms with Gasteiger partial charge >= 0.3 is 0 Å². The first kappa shape index (κ1) is 16.8. The minimum absolute atomic E-state index is 0.00424. The summed E-state index contributed by atoms with van der Waals surface area (Å²) in [4.78, 5) is 26.1. The molecule has 0 fully saturated rings. The molecule has 1 aromatic carbocycles. The van der Waals surface area contributed by atoms with E-state index in [0.29, 0.717) is 12.1 Å². The van der Waals surface area contributed by atoms with Crippen LogP contribution < -0.4 is 5.32 Å². The molecule has 0 aliphatic heterocycles. The summed E-state index contributed by atoms with van der Waals surface area (Å²) in [7, 11) is 0. The molecule has 0 aliphatic carbocycles. The molecular weight excluding hydrogens is 292 g/mol. The minimum Gasteiger partial charge on any atom is -0.472 e. The van der Waals surface area contributed by atoms with E-state index < -0.39 is 0 Å². The van der Waals surface area contributed by atoms with E-state index in [9.17, 15) is 9.59 Å². The fourth-order valence-corrected chi connectivity index (χ4v) is 2.23. The van der Waals surface area contributed by atoms with Crippen LogP contribution in [-0.4, -0.2) is 29.3 Å². The second kappa shape index (κ2) is 7.63. The molecule has 0 spiro atoms. The van der Waals surface area contributed by atoms with Gasteiger partial charge in [-0.25, -0.2) is 0 Å². The molecular formula is C18H22N2O3. The zero-order chi connectivity index (χ0) is 16.8. The molecule has 122 valence electrons.